The van der Waals surface area contributed by atoms with Crippen molar-refractivity contribution < 1.29 is 14.6 Å². The van der Waals surface area contributed by atoms with Crippen molar-refractivity contribution in [1.29, 1.82) is 0 Å². The number of nitrogens with zero attached hydrogens (tertiary/aromatic N) is 1. The molecule has 23 heavy (non-hydrogen) atoms. The van der Waals surface area contributed by atoms with Crippen LogP contribution in [0.2, 0.25) is 0 Å². The quantitative estimate of drug-likeness (QED) is 0.848. The Balaban J connectivity index is 2.63. The number of ether oxygens (including phenoxy) is 1. The van der Waals surface area contributed by atoms with Gasteiger partial charge in [-0.3, -0.25) is 0 Å². The van der Waals surface area contributed by atoms with Gasteiger partial charge in [0.25, 0.3) is 0 Å². The van der Waals surface area contributed by atoms with Gasteiger partial charge in [0.15, 0.2) is 0 Å². The van der Waals surface area contributed by atoms with Crippen molar-refractivity contribution in [3.63, 3.8) is 0 Å². The fourth-order valence-electron chi connectivity index (χ4n) is 3.54. The molecule has 0 aromatic heterocycles. The van der Waals surface area contributed by atoms with Crippen LogP contribution in [0.25, 0.3) is 5.57 Å². The Labute approximate surface area is 138 Å². The molecule has 1 heterocycles. The van der Waals surface area contributed by atoms with Crippen LogP contribution in [0.5, 0.6) is 5.75 Å². The molecule has 0 amide bonds. The number of hydrogen-bond acceptors (Lipinski definition) is 3. The highest BCUT2D eigenvalue weighted by Gasteiger charge is 2.40. The van der Waals surface area contributed by atoms with Gasteiger partial charge in [0.1, 0.15) is 11.8 Å². The zero-order valence-electron chi connectivity index (χ0n) is 14.7. The average molecular weight is 317 g/mol. The lowest BCUT2D eigenvalue weighted by Crippen LogP contribution is -2.54. The SMILES string of the molecule is CCCC[C@@H](C(=O)O)N1c2c(OC)cccc2C(C)=CC1(C)C. The number of aliphatic carboxylic acids is 1. The Kier molecular flexibility index (Phi) is 5.03. The molecule has 0 fully saturated rings. The monoisotopic (exact) mass is 317 g/mol. The number of rotatable bonds is 6. The smallest absolute Gasteiger partial charge is 0.326 e. The first-order chi connectivity index (χ1) is 10.8. The molecule has 2 rings (SSSR count). The molecular formula is C19H27NO3. The van der Waals surface area contributed by atoms with E-state index in [9.17, 15) is 9.90 Å². The van der Waals surface area contributed by atoms with Gasteiger partial charge >= 0.3 is 5.97 Å². The summed E-state index contributed by atoms with van der Waals surface area (Å²) in [5, 5.41) is 9.84. The van der Waals surface area contributed by atoms with E-state index < -0.39 is 12.0 Å². The third-order valence-corrected chi connectivity index (χ3v) is 4.50. The van der Waals surface area contributed by atoms with Crippen molar-refractivity contribution in [2.45, 2.75) is 58.5 Å². The molecule has 1 aliphatic rings. The van der Waals surface area contributed by atoms with Crippen LogP contribution in [0.4, 0.5) is 5.69 Å². The molecule has 0 saturated carbocycles. The third-order valence-electron chi connectivity index (χ3n) is 4.50. The van der Waals surface area contributed by atoms with Crippen molar-refractivity contribution in [1.82, 2.24) is 0 Å². The Hall–Kier alpha value is -1.97. The predicted molar refractivity (Wildman–Crippen MR) is 94.2 cm³/mol. The molecule has 4 heteroatoms. The highest BCUT2D eigenvalue weighted by atomic mass is 16.5. The minimum atomic E-state index is -0.781. The van der Waals surface area contributed by atoms with Crippen LogP contribution >= 0.6 is 0 Å². The van der Waals surface area contributed by atoms with Crippen LogP contribution in [0.1, 0.15) is 52.5 Å². The summed E-state index contributed by atoms with van der Waals surface area (Å²) in [5.74, 6) is -0.0536. The van der Waals surface area contributed by atoms with Crippen molar-refractivity contribution in [2.75, 3.05) is 12.0 Å². The van der Waals surface area contributed by atoms with Gasteiger partial charge in [-0.25, -0.2) is 4.79 Å². The van der Waals surface area contributed by atoms with Gasteiger partial charge in [-0.15, -0.1) is 0 Å². The Morgan fingerprint density at radius 2 is 2.09 bits per heavy atom. The molecule has 126 valence electrons. The maximum atomic E-state index is 12.0. The summed E-state index contributed by atoms with van der Waals surface area (Å²) in [6.07, 6.45) is 4.64. The Morgan fingerprint density at radius 3 is 2.65 bits per heavy atom. The number of unbranched alkanes of at least 4 members (excludes halogenated alkanes) is 1. The molecule has 1 aliphatic heterocycles. The van der Waals surface area contributed by atoms with Crippen molar-refractivity contribution >= 4 is 17.2 Å². The molecule has 0 spiro atoms. The molecule has 1 atom stereocenters. The van der Waals surface area contributed by atoms with E-state index in [1.165, 1.54) is 0 Å². The van der Waals surface area contributed by atoms with Gasteiger partial charge in [0.05, 0.1) is 18.3 Å². The van der Waals surface area contributed by atoms with Crippen molar-refractivity contribution in [2.24, 2.45) is 0 Å². The summed E-state index contributed by atoms with van der Waals surface area (Å²) in [7, 11) is 1.64. The zero-order valence-corrected chi connectivity index (χ0v) is 14.7. The standard InChI is InChI=1S/C19H27NO3/c1-6-7-10-15(18(21)22)20-17-14(9-8-11-16(17)23-5)13(2)12-19(20,3)4/h8-9,11-12,15H,6-7,10H2,1-5H3,(H,21,22)/t15-/m0/s1. The maximum absolute atomic E-state index is 12.0. The summed E-state index contributed by atoms with van der Waals surface area (Å²) < 4.78 is 5.56. The first-order valence-electron chi connectivity index (χ1n) is 8.22. The van der Waals surface area contributed by atoms with Crippen LogP contribution in [-0.2, 0) is 4.79 Å². The van der Waals surface area contributed by atoms with E-state index in [0.717, 1.165) is 35.4 Å². The summed E-state index contributed by atoms with van der Waals surface area (Å²) in [5.41, 5.74) is 2.71. The van der Waals surface area contributed by atoms with Crippen molar-refractivity contribution in [3.05, 3.63) is 29.8 Å². The molecule has 4 nitrogen and oxygen atoms in total. The van der Waals surface area contributed by atoms with Gasteiger partial charge < -0.3 is 14.7 Å². The summed E-state index contributed by atoms with van der Waals surface area (Å²) >= 11 is 0. The first kappa shape index (κ1) is 17.4. The minimum absolute atomic E-state index is 0.386. The summed E-state index contributed by atoms with van der Waals surface area (Å²) in [6, 6.07) is 5.32. The second-order valence-corrected chi connectivity index (χ2v) is 6.70. The fraction of sp³-hybridized carbons (Fsp3) is 0.526. The number of methoxy groups -OCH3 is 1. The molecule has 0 unspecified atom stereocenters. The van der Waals surface area contributed by atoms with E-state index in [1.807, 2.05) is 23.1 Å². The van der Waals surface area contributed by atoms with Crippen LogP contribution < -0.4 is 9.64 Å². The van der Waals surface area contributed by atoms with E-state index >= 15 is 0 Å². The minimum Gasteiger partial charge on any atom is -0.495 e. The second-order valence-electron chi connectivity index (χ2n) is 6.70. The number of carboxylic acids is 1. The van der Waals surface area contributed by atoms with Gasteiger partial charge in [0.2, 0.25) is 0 Å². The number of fused-ring (bicyclic) bond motifs is 1. The molecule has 0 saturated heterocycles. The number of anilines is 1. The van der Waals surface area contributed by atoms with E-state index in [-0.39, 0.29) is 5.54 Å². The number of carbonyl (C=O) groups is 1. The third kappa shape index (κ3) is 3.21. The van der Waals surface area contributed by atoms with Crippen LogP contribution in [0.15, 0.2) is 24.3 Å². The predicted octanol–water partition coefficient (Wildman–Crippen LogP) is 4.34. The summed E-state index contributed by atoms with van der Waals surface area (Å²) in [6.45, 7) is 8.28. The number of carboxylic acid groups (broad SMARTS) is 1. The Bertz CT molecular complexity index is 619. The van der Waals surface area contributed by atoms with Gasteiger partial charge in [0, 0.05) is 5.56 Å². The number of benzene rings is 1. The maximum Gasteiger partial charge on any atom is 0.326 e. The largest absolute Gasteiger partial charge is 0.495 e. The van der Waals surface area contributed by atoms with E-state index in [0.29, 0.717) is 6.42 Å². The molecule has 1 aromatic carbocycles. The van der Waals surface area contributed by atoms with E-state index in [4.69, 9.17) is 4.74 Å². The molecule has 1 N–H and O–H groups in total. The van der Waals surface area contributed by atoms with Crippen molar-refractivity contribution in [3.8, 4) is 5.75 Å². The van der Waals surface area contributed by atoms with Gasteiger partial charge in [-0.2, -0.15) is 0 Å². The highest BCUT2D eigenvalue weighted by Crippen LogP contribution is 2.46. The van der Waals surface area contributed by atoms with Gasteiger partial charge in [-0.05, 0) is 38.8 Å². The fourth-order valence-corrected chi connectivity index (χ4v) is 3.54. The number of hydrogen-bond donors (Lipinski definition) is 1. The lowest BCUT2D eigenvalue weighted by atomic mass is 9.86. The molecule has 1 aromatic rings. The number of para-hydroxylation sites is 1. The molecular weight excluding hydrogens is 290 g/mol. The van der Waals surface area contributed by atoms with Crippen LogP contribution in [-0.4, -0.2) is 29.8 Å². The lowest BCUT2D eigenvalue weighted by molar-refractivity contribution is -0.139. The molecule has 0 bridgehead atoms. The topological polar surface area (TPSA) is 49.8 Å². The average Bonchev–Trinajstić information content (AvgIpc) is 2.48. The lowest BCUT2D eigenvalue weighted by Gasteiger charge is -2.46. The molecule has 0 radical (unpaired) electrons. The summed E-state index contributed by atoms with van der Waals surface area (Å²) in [4.78, 5) is 14.0. The van der Waals surface area contributed by atoms with E-state index in [1.54, 1.807) is 7.11 Å². The molecule has 0 aliphatic carbocycles. The normalized spacial score (nSPS) is 17.3. The van der Waals surface area contributed by atoms with Crippen LogP contribution in [0, 0.1) is 0 Å². The first-order valence-corrected chi connectivity index (χ1v) is 8.22. The number of allylic oxidation sites excluding steroid dienone is 1. The van der Waals surface area contributed by atoms with Crippen LogP contribution in [0.3, 0.4) is 0 Å². The van der Waals surface area contributed by atoms with E-state index in [2.05, 4.69) is 33.8 Å². The zero-order chi connectivity index (χ0) is 17.2. The van der Waals surface area contributed by atoms with Gasteiger partial charge in [-0.1, -0.05) is 38.0 Å². The highest BCUT2D eigenvalue weighted by molar-refractivity contribution is 5.89. The Morgan fingerprint density at radius 1 is 1.39 bits per heavy atom. The second kappa shape index (κ2) is 6.65.